The summed E-state index contributed by atoms with van der Waals surface area (Å²) in [7, 11) is 0. The maximum atomic E-state index is 12.5. The Balaban J connectivity index is 2.19. The van der Waals surface area contributed by atoms with Crippen LogP contribution in [-0.2, 0) is 0 Å². The SMILES string of the molecule is OC(C[C@H]1C[C@@H]2C=C[C@H]1C2)(C(F)(F)F)C(F)(F)F. The second-order valence-corrected chi connectivity index (χ2v) is 5.10. The van der Waals surface area contributed by atoms with Gasteiger partial charge in [-0.3, -0.25) is 0 Å². The average molecular weight is 274 g/mol. The fraction of sp³-hybridized carbons (Fsp3) is 0.818. The van der Waals surface area contributed by atoms with Crippen molar-refractivity contribution in [1.82, 2.24) is 0 Å². The van der Waals surface area contributed by atoms with E-state index in [4.69, 9.17) is 5.11 Å². The summed E-state index contributed by atoms with van der Waals surface area (Å²) < 4.78 is 75.0. The lowest BCUT2D eigenvalue weighted by Crippen LogP contribution is -2.58. The molecule has 7 heteroatoms. The van der Waals surface area contributed by atoms with Gasteiger partial charge in [0.1, 0.15) is 0 Å². The molecule has 0 heterocycles. The van der Waals surface area contributed by atoms with E-state index >= 15 is 0 Å². The van der Waals surface area contributed by atoms with E-state index in [0.29, 0.717) is 6.42 Å². The first kappa shape index (κ1) is 13.7. The molecule has 1 nitrogen and oxygen atoms in total. The van der Waals surface area contributed by atoms with Crippen LogP contribution in [0.4, 0.5) is 26.3 Å². The quantitative estimate of drug-likeness (QED) is 0.604. The number of hydrogen-bond donors (Lipinski definition) is 1. The van der Waals surface area contributed by atoms with Gasteiger partial charge in [0, 0.05) is 0 Å². The van der Waals surface area contributed by atoms with Crippen molar-refractivity contribution < 1.29 is 31.4 Å². The highest BCUT2D eigenvalue weighted by molar-refractivity contribution is 5.12. The summed E-state index contributed by atoms with van der Waals surface area (Å²) in [5.74, 6) is -0.967. The highest BCUT2D eigenvalue weighted by atomic mass is 19.4. The minimum atomic E-state index is -5.70. The maximum Gasteiger partial charge on any atom is 0.426 e. The normalized spacial score (nSPS) is 32.3. The van der Waals surface area contributed by atoms with Crippen molar-refractivity contribution in [2.24, 2.45) is 17.8 Å². The number of allylic oxidation sites excluding steroid dienone is 2. The standard InChI is InChI=1S/C11H12F6O/c12-10(13,14)9(18,11(15,16)17)5-8-4-6-1-2-7(8)3-6/h1-2,6-8,18H,3-5H2/t6-,7+,8-/m1/s1. The summed E-state index contributed by atoms with van der Waals surface area (Å²) in [6.07, 6.45) is -8.33. The zero-order valence-electron chi connectivity index (χ0n) is 9.22. The van der Waals surface area contributed by atoms with E-state index < -0.39 is 30.3 Å². The van der Waals surface area contributed by atoms with Crippen molar-refractivity contribution in [3.05, 3.63) is 12.2 Å². The second-order valence-electron chi connectivity index (χ2n) is 5.10. The lowest BCUT2D eigenvalue weighted by atomic mass is 9.82. The topological polar surface area (TPSA) is 20.2 Å². The van der Waals surface area contributed by atoms with Crippen LogP contribution in [0.1, 0.15) is 19.3 Å². The van der Waals surface area contributed by atoms with Crippen LogP contribution < -0.4 is 0 Å². The number of rotatable bonds is 2. The second kappa shape index (κ2) is 3.88. The molecule has 2 bridgehead atoms. The molecule has 0 saturated heterocycles. The molecule has 1 fully saturated rings. The van der Waals surface area contributed by atoms with Gasteiger partial charge in [-0.15, -0.1) is 0 Å². The first-order valence-electron chi connectivity index (χ1n) is 5.59. The molecule has 0 aliphatic heterocycles. The molecule has 0 radical (unpaired) electrons. The lowest BCUT2D eigenvalue weighted by Gasteiger charge is -2.35. The molecule has 0 aromatic rings. The Morgan fingerprint density at radius 1 is 0.944 bits per heavy atom. The molecule has 0 aromatic carbocycles. The third kappa shape index (κ3) is 2.02. The van der Waals surface area contributed by atoms with Crippen LogP contribution in [0.5, 0.6) is 0 Å². The third-order valence-electron chi connectivity index (χ3n) is 3.91. The van der Waals surface area contributed by atoms with Gasteiger partial charge in [-0.2, -0.15) is 26.3 Å². The van der Waals surface area contributed by atoms with Crippen molar-refractivity contribution in [3.63, 3.8) is 0 Å². The summed E-state index contributed by atoms with van der Waals surface area (Å²) in [6.45, 7) is 0. The molecule has 1 N–H and O–H groups in total. The van der Waals surface area contributed by atoms with Crippen LogP contribution in [-0.4, -0.2) is 23.1 Å². The van der Waals surface area contributed by atoms with Crippen molar-refractivity contribution in [2.45, 2.75) is 37.2 Å². The Bertz CT molecular complexity index is 342. The summed E-state index contributed by atoms with van der Waals surface area (Å²) >= 11 is 0. The largest absolute Gasteiger partial charge is 0.426 e. The minimum Gasteiger partial charge on any atom is -0.374 e. The Morgan fingerprint density at radius 2 is 1.50 bits per heavy atom. The van der Waals surface area contributed by atoms with E-state index in [2.05, 4.69) is 0 Å². The van der Waals surface area contributed by atoms with Crippen molar-refractivity contribution in [2.75, 3.05) is 0 Å². The van der Waals surface area contributed by atoms with Gasteiger partial charge in [0.25, 0.3) is 5.60 Å². The molecule has 0 unspecified atom stereocenters. The van der Waals surface area contributed by atoms with Gasteiger partial charge in [-0.1, -0.05) is 12.2 Å². The summed E-state index contributed by atoms with van der Waals surface area (Å²) in [6, 6.07) is 0. The molecule has 18 heavy (non-hydrogen) atoms. The minimum absolute atomic E-state index is 0.0608. The summed E-state index contributed by atoms with van der Waals surface area (Å²) in [5.41, 5.74) is -4.59. The maximum absolute atomic E-state index is 12.5. The molecule has 0 spiro atoms. The van der Waals surface area contributed by atoms with E-state index in [1.165, 1.54) is 0 Å². The van der Waals surface area contributed by atoms with E-state index in [9.17, 15) is 26.3 Å². The Kier molecular flexibility index (Phi) is 2.96. The molecular weight excluding hydrogens is 262 g/mol. The molecule has 2 rings (SSSR count). The fourth-order valence-electron chi connectivity index (χ4n) is 2.90. The molecule has 0 amide bonds. The summed E-state index contributed by atoms with van der Waals surface area (Å²) in [5, 5.41) is 9.10. The molecule has 0 aromatic heterocycles. The van der Waals surface area contributed by atoms with Gasteiger partial charge in [0.05, 0.1) is 0 Å². The Hall–Kier alpha value is -0.720. The smallest absolute Gasteiger partial charge is 0.374 e. The monoisotopic (exact) mass is 274 g/mol. The van der Waals surface area contributed by atoms with Crippen LogP contribution in [0.3, 0.4) is 0 Å². The van der Waals surface area contributed by atoms with Crippen LogP contribution >= 0.6 is 0 Å². The van der Waals surface area contributed by atoms with Gasteiger partial charge in [0.15, 0.2) is 0 Å². The van der Waals surface area contributed by atoms with Gasteiger partial charge in [0.2, 0.25) is 0 Å². The van der Waals surface area contributed by atoms with Gasteiger partial charge < -0.3 is 5.11 Å². The van der Waals surface area contributed by atoms with Gasteiger partial charge in [-0.05, 0) is 37.0 Å². The fourth-order valence-corrected chi connectivity index (χ4v) is 2.90. The molecular formula is C11H12F6O. The zero-order chi connectivity index (χ0) is 13.8. The van der Waals surface area contributed by atoms with Crippen LogP contribution in [0.2, 0.25) is 0 Å². The Morgan fingerprint density at radius 3 is 1.83 bits per heavy atom. The highest BCUT2D eigenvalue weighted by Crippen LogP contribution is 2.53. The number of alkyl halides is 6. The lowest BCUT2D eigenvalue weighted by molar-refractivity contribution is -0.373. The molecule has 3 atom stereocenters. The highest BCUT2D eigenvalue weighted by Gasteiger charge is 2.71. The number of aliphatic hydroxyl groups is 1. The first-order valence-corrected chi connectivity index (χ1v) is 5.59. The van der Waals surface area contributed by atoms with Crippen molar-refractivity contribution in [3.8, 4) is 0 Å². The van der Waals surface area contributed by atoms with E-state index in [1.807, 2.05) is 6.08 Å². The summed E-state index contributed by atoms with van der Waals surface area (Å²) in [4.78, 5) is 0. The van der Waals surface area contributed by atoms with Crippen LogP contribution in [0, 0.1) is 17.8 Å². The number of hydrogen-bond acceptors (Lipinski definition) is 1. The van der Waals surface area contributed by atoms with E-state index in [1.54, 1.807) is 6.08 Å². The Labute approximate surface area is 99.5 Å². The molecule has 104 valence electrons. The third-order valence-corrected chi connectivity index (χ3v) is 3.91. The van der Waals surface area contributed by atoms with Crippen LogP contribution in [0.25, 0.3) is 0 Å². The van der Waals surface area contributed by atoms with Crippen LogP contribution in [0.15, 0.2) is 12.2 Å². The van der Waals surface area contributed by atoms with E-state index in [0.717, 1.165) is 0 Å². The van der Waals surface area contributed by atoms with E-state index in [-0.39, 0.29) is 18.3 Å². The van der Waals surface area contributed by atoms with Gasteiger partial charge in [-0.25, -0.2) is 0 Å². The van der Waals surface area contributed by atoms with Gasteiger partial charge >= 0.3 is 12.4 Å². The predicted octanol–water partition coefficient (Wildman–Crippen LogP) is 3.44. The van der Waals surface area contributed by atoms with Crippen molar-refractivity contribution in [1.29, 1.82) is 0 Å². The average Bonchev–Trinajstić information content (AvgIpc) is 2.75. The number of halogens is 6. The van der Waals surface area contributed by atoms with Crippen molar-refractivity contribution >= 4 is 0 Å². The molecule has 1 saturated carbocycles. The predicted molar refractivity (Wildman–Crippen MR) is 50.5 cm³/mol. The molecule has 2 aliphatic rings. The zero-order valence-corrected chi connectivity index (χ0v) is 9.22. The first-order chi connectivity index (χ1) is 8.04. The molecule has 2 aliphatic carbocycles. The number of fused-ring (bicyclic) bond motifs is 2.